The molecule has 0 aliphatic carbocycles. The van der Waals surface area contributed by atoms with E-state index in [9.17, 15) is 13.2 Å². The first-order chi connectivity index (χ1) is 12.5. The van der Waals surface area contributed by atoms with Crippen molar-refractivity contribution in [1.29, 1.82) is 0 Å². The number of rotatable bonds is 10. The number of carbonyl (C=O) groups excluding carboxylic acids is 1. The molecule has 0 heterocycles. The zero-order chi connectivity index (χ0) is 18.8. The van der Waals surface area contributed by atoms with Gasteiger partial charge in [-0.15, -0.1) is 0 Å². The lowest BCUT2D eigenvalue weighted by atomic mass is 10.1. The summed E-state index contributed by atoms with van der Waals surface area (Å²) in [6.45, 7) is 0.387. The summed E-state index contributed by atoms with van der Waals surface area (Å²) in [6, 6.07) is 16.6. The molecule has 1 amide bonds. The molecule has 0 atom stereocenters. The van der Waals surface area contributed by atoms with Gasteiger partial charge in [0.25, 0.3) is 0 Å². The number of unbranched alkanes of at least 4 members (excludes halogenated alkanes) is 1. The van der Waals surface area contributed by atoms with E-state index >= 15 is 0 Å². The number of sulfone groups is 1. The Morgan fingerprint density at radius 3 is 2.31 bits per heavy atom. The monoisotopic (exact) mass is 437 g/mol. The van der Waals surface area contributed by atoms with Crippen LogP contribution < -0.4 is 5.32 Å². The van der Waals surface area contributed by atoms with E-state index in [1.165, 1.54) is 5.56 Å². The van der Waals surface area contributed by atoms with E-state index in [4.69, 9.17) is 0 Å². The third kappa shape index (κ3) is 7.30. The predicted octanol–water partition coefficient (Wildman–Crippen LogP) is 4.14. The van der Waals surface area contributed by atoms with Gasteiger partial charge >= 0.3 is 0 Å². The first-order valence-electron chi connectivity index (χ1n) is 8.76. The van der Waals surface area contributed by atoms with Crippen LogP contribution in [-0.2, 0) is 21.1 Å². The first-order valence-corrected chi connectivity index (χ1v) is 11.2. The first kappa shape index (κ1) is 20.6. The van der Waals surface area contributed by atoms with Crippen LogP contribution in [0.2, 0.25) is 0 Å². The topological polar surface area (TPSA) is 63.2 Å². The summed E-state index contributed by atoms with van der Waals surface area (Å²) in [5.41, 5.74) is 1.26. The van der Waals surface area contributed by atoms with Gasteiger partial charge in [-0.3, -0.25) is 4.79 Å². The molecule has 26 heavy (non-hydrogen) atoms. The van der Waals surface area contributed by atoms with Gasteiger partial charge in [0.05, 0.1) is 10.6 Å². The second-order valence-corrected chi connectivity index (χ2v) is 9.19. The van der Waals surface area contributed by atoms with E-state index in [2.05, 4.69) is 33.4 Å². The van der Waals surface area contributed by atoms with Gasteiger partial charge in [0, 0.05) is 17.4 Å². The highest BCUT2D eigenvalue weighted by molar-refractivity contribution is 9.10. The largest absolute Gasteiger partial charge is 0.356 e. The van der Waals surface area contributed by atoms with Crippen LogP contribution in [0.15, 0.2) is 64.0 Å². The molecule has 0 fully saturated rings. The van der Waals surface area contributed by atoms with Crippen LogP contribution in [0.4, 0.5) is 0 Å². The lowest BCUT2D eigenvalue weighted by molar-refractivity contribution is -0.121. The average molecular weight is 438 g/mol. The van der Waals surface area contributed by atoms with Gasteiger partial charge in [0.15, 0.2) is 9.84 Å². The van der Waals surface area contributed by atoms with E-state index in [-0.39, 0.29) is 11.7 Å². The molecule has 0 aromatic heterocycles. The third-order valence-electron chi connectivity index (χ3n) is 4.05. The minimum Gasteiger partial charge on any atom is -0.356 e. The molecule has 0 saturated heterocycles. The number of benzene rings is 2. The van der Waals surface area contributed by atoms with E-state index in [0.717, 1.165) is 23.7 Å². The second-order valence-electron chi connectivity index (χ2n) is 6.17. The van der Waals surface area contributed by atoms with Crippen molar-refractivity contribution >= 4 is 31.7 Å². The molecule has 0 radical (unpaired) electrons. The van der Waals surface area contributed by atoms with Gasteiger partial charge in [-0.05, 0) is 55.5 Å². The maximum atomic E-state index is 12.1. The second kappa shape index (κ2) is 10.5. The Labute approximate surface area is 164 Å². The van der Waals surface area contributed by atoms with Crippen molar-refractivity contribution in [1.82, 2.24) is 5.32 Å². The van der Waals surface area contributed by atoms with Crippen molar-refractivity contribution < 1.29 is 13.2 Å². The van der Waals surface area contributed by atoms with Gasteiger partial charge < -0.3 is 5.32 Å². The highest BCUT2D eigenvalue weighted by Crippen LogP contribution is 2.13. The molecule has 0 saturated carbocycles. The normalized spacial score (nSPS) is 11.3. The Kier molecular flexibility index (Phi) is 8.32. The summed E-state index contributed by atoms with van der Waals surface area (Å²) >= 11 is 3.41. The number of nitrogens with one attached hydrogen (secondary N) is 1. The molecule has 140 valence electrons. The summed E-state index contributed by atoms with van der Waals surface area (Å²) < 4.78 is 25.3. The standard InChI is InChI=1S/C20H24BrNO3S/c21-18-13-11-17(12-14-18)7-4-5-10-20(23)22-15-6-16-26(24,25)19-8-2-1-3-9-19/h1-3,8-9,11-14H,4-7,10,15-16H2,(H,22,23). The van der Waals surface area contributed by atoms with Gasteiger partial charge in [-0.25, -0.2) is 8.42 Å². The average Bonchev–Trinajstić information content (AvgIpc) is 2.64. The van der Waals surface area contributed by atoms with Crippen LogP contribution in [0.25, 0.3) is 0 Å². The predicted molar refractivity (Wildman–Crippen MR) is 108 cm³/mol. The van der Waals surface area contributed by atoms with Crippen molar-refractivity contribution in [3.05, 3.63) is 64.6 Å². The highest BCUT2D eigenvalue weighted by Gasteiger charge is 2.13. The summed E-state index contributed by atoms with van der Waals surface area (Å²) in [6.07, 6.45) is 3.63. The molecule has 2 rings (SSSR count). The summed E-state index contributed by atoms with van der Waals surface area (Å²) in [4.78, 5) is 12.2. The van der Waals surface area contributed by atoms with Crippen LogP contribution in [0.5, 0.6) is 0 Å². The maximum Gasteiger partial charge on any atom is 0.219 e. The molecular weight excluding hydrogens is 414 g/mol. The quantitative estimate of drug-likeness (QED) is 0.567. The molecule has 1 N–H and O–H groups in total. The zero-order valence-electron chi connectivity index (χ0n) is 14.7. The van der Waals surface area contributed by atoms with E-state index in [0.29, 0.717) is 24.3 Å². The van der Waals surface area contributed by atoms with Gasteiger partial charge in [-0.1, -0.05) is 46.3 Å². The Bertz CT molecular complexity index is 790. The fourth-order valence-electron chi connectivity index (χ4n) is 2.59. The van der Waals surface area contributed by atoms with Crippen molar-refractivity contribution in [3.63, 3.8) is 0 Å². The number of halogens is 1. The number of hydrogen-bond donors (Lipinski definition) is 1. The summed E-state index contributed by atoms with van der Waals surface area (Å²) in [5, 5.41) is 2.80. The van der Waals surface area contributed by atoms with Crippen molar-refractivity contribution in [2.75, 3.05) is 12.3 Å². The molecule has 0 bridgehead atoms. The molecule has 0 aliphatic rings. The lowest BCUT2D eigenvalue weighted by Crippen LogP contribution is -2.25. The Hall–Kier alpha value is -1.66. The highest BCUT2D eigenvalue weighted by atomic mass is 79.9. The van der Waals surface area contributed by atoms with Gasteiger partial charge in [0.2, 0.25) is 5.91 Å². The molecule has 2 aromatic rings. The molecule has 4 nitrogen and oxygen atoms in total. The third-order valence-corrected chi connectivity index (χ3v) is 6.39. The summed E-state index contributed by atoms with van der Waals surface area (Å²) in [7, 11) is -3.27. The number of amides is 1. The van der Waals surface area contributed by atoms with Crippen LogP contribution in [0.1, 0.15) is 31.2 Å². The Balaban J connectivity index is 1.58. The van der Waals surface area contributed by atoms with Crippen LogP contribution in [0.3, 0.4) is 0 Å². The lowest BCUT2D eigenvalue weighted by Gasteiger charge is -2.07. The van der Waals surface area contributed by atoms with Gasteiger partial charge in [-0.2, -0.15) is 0 Å². The minimum atomic E-state index is -3.27. The fraction of sp³-hybridized carbons (Fsp3) is 0.350. The smallest absolute Gasteiger partial charge is 0.219 e. The van der Waals surface area contributed by atoms with E-state index in [1.54, 1.807) is 30.3 Å². The minimum absolute atomic E-state index is 0.0158. The Morgan fingerprint density at radius 1 is 0.923 bits per heavy atom. The number of hydrogen-bond acceptors (Lipinski definition) is 3. The molecule has 0 aliphatic heterocycles. The van der Waals surface area contributed by atoms with Crippen LogP contribution in [-0.4, -0.2) is 26.6 Å². The maximum absolute atomic E-state index is 12.1. The Morgan fingerprint density at radius 2 is 1.62 bits per heavy atom. The van der Waals surface area contributed by atoms with E-state index in [1.807, 2.05) is 12.1 Å². The van der Waals surface area contributed by atoms with Crippen molar-refractivity contribution in [3.8, 4) is 0 Å². The molecule has 6 heteroatoms. The van der Waals surface area contributed by atoms with Crippen LogP contribution in [0, 0.1) is 0 Å². The number of carbonyl (C=O) groups is 1. The zero-order valence-corrected chi connectivity index (χ0v) is 17.1. The number of aryl methyl sites for hydroxylation is 1. The van der Waals surface area contributed by atoms with Crippen molar-refractivity contribution in [2.45, 2.75) is 37.0 Å². The van der Waals surface area contributed by atoms with E-state index < -0.39 is 9.84 Å². The summed E-state index contributed by atoms with van der Waals surface area (Å²) in [5.74, 6) is 0.0267. The SMILES string of the molecule is O=C(CCCCc1ccc(Br)cc1)NCCCS(=O)(=O)c1ccccc1. The molecule has 0 unspecified atom stereocenters. The molecular formula is C20H24BrNO3S. The molecule has 2 aromatic carbocycles. The molecule has 0 spiro atoms. The van der Waals surface area contributed by atoms with Crippen LogP contribution >= 0.6 is 15.9 Å². The van der Waals surface area contributed by atoms with Gasteiger partial charge in [0.1, 0.15) is 0 Å². The van der Waals surface area contributed by atoms with Crippen molar-refractivity contribution in [2.24, 2.45) is 0 Å². The fourth-order valence-corrected chi connectivity index (χ4v) is 4.19.